The van der Waals surface area contributed by atoms with E-state index in [2.05, 4.69) is 12.1 Å². The minimum atomic E-state index is -1.56. The van der Waals surface area contributed by atoms with Crippen LogP contribution in [-0.2, 0) is 10.8 Å². The van der Waals surface area contributed by atoms with Crippen LogP contribution in [0.5, 0.6) is 23.0 Å². The van der Waals surface area contributed by atoms with Crippen LogP contribution in [0.25, 0.3) is 0 Å². The fraction of sp³-hybridized carbons (Fsp3) is 0.278. The average Bonchev–Trinajstić information content (AvgIpc) is 3.08. The van der Waals surface area contributed by atoms with Gasteiger partial charge >= 0.3 is 0 Å². The van der Waals surface area contributed by atoms with Gasteiger partial charge in [-0.3, -0.25) is 0 Å². The third-order valence-electron chi connectivity index (χ3n) is 7.66. The standard InChI is InChI=1S/C36H36N2O6/c1-41-31-13-5-27(6-14-31)35(25-37,29-9-17-33(18-10-29)43-23-3-21-39)36(26-38,28-7-15-32(42-2)16-8-28)30-11-19-34(20-12-30)44-24-4-22-40/h5-20,39-40H,3-4,21-24H2,1-2H3. The van der Waals surface area contributed by atoms with Gasteiger partial charge in [0.1, 0.15) is 33.8 Å². The summed E-state index contributed by atoms with van der Waals surface area (Å²) in [5.74, 6) is 2.40. The Hall–Kier alpha value is -5.02. The van der Waals surface area contributed by atoms with Crippen LogP contribution >= 0.6 is 0 Å². The number of methoxy groups -OCH3 is 2. The summed E-state index contributed by atoms with van der Waals surface area (Å²) in [6.07, 6.45) is 0.981. The minimum Gasteiger partial charge on any atom is -0.497 e. The number of aliphatic hydroxyl groups excluding tert-OH is 2. The van der Waals surface area contributed by atoms with Gasteiger partial charge in [-0.2, -0.15) is 10.5 Å². The van der Waals surface area contributed by atoms with Crippen molar-refractivity contribution in [3.63, 3.8) is 0 Å². The van der Waals surface area contributed by atoms with Gasteiger partial charge in [0.2, 0.25) is 0 Å². The highest BCUT2D eigenvalue weighted by Gasteiger charge is 2.57. The summed E-state index contributed by atoms with van der Waals surface area (Å²) >= 11 is 0. The quantitative estimate of drug-likeness (QED) is 0.172. The van der Waals surface area contributed by atoms with Gasteiger partial charge in [-0.1, -0.05) is 48.5 Å². The first-order valence-electron chi connectivity index (χ1n) is 14.3. The van der Waals surface area contributed by atoms with E-state index < -0.39 is 10.8 Å². The van der Waals surface area contributed by atoms with Crippen molar-refractivity contribution >= 4 is 0 Å². The molecule has 8 heteroatoms. The largest absolute Gasteiger partial charge is 0.497 e. The van der Waals surface area contributed by atoms with Crippen molar-refractivity contribution in [2.45, 2.75) is 23.7 Å². The summed E-state index contributed by atoms with van der Waals surface area (Å²) < 4.78 is 22.4. The van der Waals surface area contributed by atoms with Gasteiger partial charge in [0, 0.05) is 26.1 Å². The summed E-state index contributed by atoms with van der Waals surface area (Å²) in [6.45, 7) is 0.729. The Labute approximate surface area is 258 Å². The number of ether oxygens (including phenoxy) is 4. The molecule has 0 fully saturated rings. The monoisotopic (exact) mass is 592 g/mol. The highest BCUT2D eigenvalue weighted by molar-refractivity contribution is 5.65. The van der Waals surface area contributed by atoms with Gasteiger partial charge in [-0.05, 0) is 70.8 Å². The summed E-state index contributed by atoms with van der Waals surface area (Å²) in [4.78, 5) is 0. The lowest BCUT2D eigenvalue weighted by Crippen LogP contribution is -2.49. The fourth-order valence-corrected chi connectivity index (χ4v) is 5.42. The van der Waals surface area contributed by atoms with Gasteiger partial charge in [-0.25, -0.2) is 0 Å². The van der Waals surface area contributed by atoms with E-state index in [9.17, 15) is 10.5 Å². The first-order valence-corrected chi connectivity index (χ1v) is 14.3. The van der Waals surface area contributed by atoms with Crippen LogP contribution < -0.4 is 18.9 Å². The Morgan fingerprint density at radius 2 is 0.773 bits per heavy atom. The number of hydrogen-bond donors (Lipinski definition) is 2. The normalized spacial score (nSPS) is 13.4. The van der Waals surface area contributed by atoms with E-state index in [4.69, 9.17) is 29.2 Å². The van der Waals surface area contributed by atoms with Gasteiger partial charge in [-0.15, -0.1) is 0 Å². The van der Waals surface area contributed by atoms with E-state index in [1.165, 1.54) is 0 Å². The molecule has 0 spiro atoms. The lowest BCUT2D eigenvalue weighted by molar-refractivity contribution is 0.233. The summed E-state index contributed by atoms with van der Waals surface area (Å²) in [5, 5.41) is 41.0. The predicted molar refractivity (Wildman–Crippen MR) is 166 cm³/mol. The third kappa shape index (κ3) is 6.18. The van der Waals surface area contributed by atoms with E-state index in [1.54, 1.807) is 62.8 Å². The molecule has 4 aromatic rings. The van der Waals surface area contributed by atoms with Crippen LogP contribution in [0, 0.1) is 22.7 Å². The molecular weight excluding hydrogens is 556 g/mol. The second kappa shape index (κ2) is 14.9. The van der Waals surface area contributed by atoms with Crippen molar-refractivity contribution in [3.05, 3.63) is 119 Å². The van der Waals surface area contributed by atoms with Crippen LogP contribution in [0.3, 0.4) is 0 Å². The predicted octanol–water partition coefficient (Wildman–Crippen LogP) is 5.55. The van der Waals surface area contributed by atoms with Crippen molar-refractivity contribution in [1.82, 2.24) is 0 Å². The zero-order valence-electron chi connectivity index (χ0n) is 24.9. The van der Waals surface area contributed by atoms with Gasteiger partial charge < -0.3 is 29.2 Å². The number of hydrogen-bond acceptors (Lipinski definition) is 8. The molecule has 0 saturated heterocycles. The minimum absolute atomic E-state index is 0.0188. The van der Waals surface area contributed by atoms with Crippen LogP contribution in [0.2, 0.25) is 0 Å². The Balaban J connectivity index is 2.02. The average molecular weight is 593 g/mol. The smallest absolute Gasteiger partial charge is 0.134 e. The molecule has 44 heavy (non-hydrogen) atoms. The highest BCUT2D eigenvalue weighted by atomic mass is 16.5. The van der Waals surface area contributed by atoms with Gasteiger partial charge in [0.15, 0.2) is 0 Å². The van der Waals surface area contributed by atoms with Crippen LogP contribution in [0.4, 0.5) is 0 Å². The van der Waals surface area contributed by atoms with E-state index in [0.717, 1.165) is 0 Å². The maximum Gasteiger partial charge on any atom is 0.134 e. The number of aliphatic hydroxyl groups is 2. The number of benzene rings is 4. The number of nitrogens with zero attached hydrogens (tertiary/aromatic N) is 2. The molecule has 0 aliphatic carbocycles. The molecule has 4 aromatic carbocycles. The number of rotatable bonds is 15. The molecule has 0 bridgehead atoms. The molecule has 0 aliphatic rings. The maximum atomic E-state index is 11.4. The third-order valence-corrected chi connectivity index (χ3v) is 7.66. The molecule has 0 aromatic heterocycles. The number of nitriles is 2. The van der Waals surface area contributed by atoms with Crippen molar-refractivity contribution < 1.29 is 29.2 Å². The van der Waals surface area contributed by atoms with Gasteiger partial charge in [0.05, 0.1) is 39.6 Å². The Morgan fingerprint density at radius 3 is 1.00 bits per heavy atom. The zero-order valence-corrected chi connectivity index (χ0v) is 24.9. The lowest BCUT2D eigenvalue weighted by Gasteiger charge is -2.43. The van der Waals surface area contributed by atoms with E-state index >= 15 is 0 Å². The highest BCUT2D eigenvalue weighted by Crippen LogP contribution is 2.53. The fourth-order valence-electron chi connectivity index (χ4n) is 5.42. The molecule has 2 unspecified atom stereocenters. The zero-order chi connectivity index (χ0) is 31.4. The van der Waals surface area contributed by atoms with Crippen LogP contribution in [0.1, 0.15) is 35.1 Å². The van der Waals surface area contributed by atoms with Crippen molar-refractivity contribution in [2.75, 3.05) is 40.6 Å². The van der Waals surface area contributed by atoms with Crippen molar-refractivity contribution in [2.24, 2.45) is 0 Å². The second-order valence-electron chi connectivity index (χ2n) is 10.1. The summed E-state index contributed by atoms with van der Waals surface area (Å²) in [5.41, 5.74) is -0.775. The summed E-state index contributed by atoms with van der Waals surface area (Å²) in [6, 6.07) is 33.9. The van der Waals surface area contributed by atoms with E-state index in [0.29, 0.717) is 71.3 Å². The molecule has 0 aliphatic heterocycles. The van der Waals surface area contributed by atoms with Crippen LogP contribution in [0.15, 0.2) is 97.1 Å². The van der Waals surface area contributed by atoms with E-state index in [-0.39, 0.29) is 13.2 Å². The molecule has 8 nitrogen and oxygen atoms in total. The SMILES string of the molecule is COc1ccc(C(C#N)(c2ccc(OCCCO)cc2)C(C#N)(c2ccc(OC)cc2)c2ccc(OCCCO)cc2)cc1. The molecule has 2 atom stereocenters. The molecule has 0 radical (unpaired) electrons. The lowest BCUT2D eigenvalue weighted by atomic mass is 9.53. The first-order chi connectivity index (χ1) is 21.5. The van der Waals surface area contributed by atoms with Gasteiger partial charge in [0.25, 0.3) is 0 Å². The van der Waals surface area contributed by atoms with Crippen molar-refractivity contribution in [1.29, 1.82) is 10.5 Å². The molecule has 0 saturated carbocycles. The molecule has 0 amide bonds. The topological polar surface area (TPSA) is 125 Å². The molecule has 0 heterocycles. The molecule has 226 valence electrons. The molecule has 2 N–H and O–H groups in total. The first kappa shape index (κ1) is 31.9. The van der Waals surface area contributed by atoms with E-state index in [1.807, 2.05) is 48.5 Å². The molecular formula is C36H36N2O6. The second-order valence-corrected chi connectivity index (χ2v) is 10.1. The molecule has 4 rings (SSSR count). The Kier molecular flexibility index (Phi) is 10.8. The Morgan fingerprint density at radius 1 is 0.500 bits per heavy atom. The summed E-state index contributed by atoms with van der Waals surface area (Å²) in [7, 11) is 3.15. The van der Waals surface area contributed by atoms with Crippen LogP contribution in [-0.4, -0.2) is 50.9 Å². The van der Waals surface area contributed by atoms with Crippen molar-refractivity contribution in [3.8, 4) is 35.1 Å². The Bertz CT molecular complexity index is 1440. The maximum absolute atomic E-state index is 11.4.